The summed E-state index contributed by atoms with van der Waals surface area (Å²) in [5.74, 6) is 0. The molecule has 1 aliphatic heterocycles. The number of hydrogen-bond donors (Lipinski definition) is 0. The van der Waals surface area contributed by atoms with E-state index in [-0.39, 0.29) is 12.3 Å². The van der Waals surface area contributed by atoms with E-state index in [0.717, 1.165) is 16.6 Å². The molecule has 2 aromatic rings. The Morgan fingerprint density at radius 2 is 1.86 bits per heavy atom. The highest BCUT2D eigenvalue weighted by molar-refractivity contribution is 9.10. The van der Waals surface area contributed by atoms with E-state index >= 15 is 0 Å². The molecule has 108 valence electrons. The summed E-state index contributed by atoms with van der Waals surface area (Å²) in [6.45, 7) is 5.39. The van der Waals surface area contributed by atoms with E-state index in [1.54, 1.807) is 0 Å². The Morgan fingerprint density at radius 1 is 1.14 bits per heavy atom. The fraction of sp³-hybridized carbons (Fsp3) is 0.222. The van der Waals surface area contributed by atoms with Crippen molar-refractivity contribution in [3.63, 3.8) is 0 Å². The molecule has 2 atom stereocenters. The Labute approximate surface area is 134 Å². The van der Waals surface area contributed by atoms with Crippen LogP contribution in [0.1, 0.15) is 23.4 Å². The molecule has 0 bridgehead atoms. The van der Waals surface area contributed by atoms with Gasteiger partial charge in [0.15, 0.2) is 0 Å². The molecule has 0 unspecified atom stereocenters. The number of ether oxygens (including phenoxy) is 1. The average Bonchev–Trinajstić information content (AvgIpc) is 2.93. The maximum Gasteiger partial charge on any atom is 0.138 e. The molecule has 0 saturated carbocycles. The molecule has 1 aliphatic rings. The molecule has 0 N–H and O–H groups in total. The number of hydrogen-bond acceptors (Lipinski definition) is 2. The largest absolute Gasteiger partial charge is 0.357 e. The fourth-order valence-corrected chi connectivity index (χ4v) is 3.30. The van der Waals surface area contributed by atoms with Gasteiger partial charge in [-0.2, -0.15) is 0 Å². The minimum atomic E-state index is -0.0382. The summed E-state index contributed by atoms with van der Waals surface area (Å²) in [7, 11) is 0. The lowest BCUT2D eigenvalue weighted by atomic mass is 10.1. The van der Waals surface area contributed by atoms with Gasteiger partial charge < -0.3 is 4.74 Å². The lowest BCUT2D eigenvalue weighted by Crippen LogP contribution is -2.27. The van der Waals surface area contributed by atoms with Crippen molar-refractivity contribution in [1.82, 2.24) is 4.90 Å². The SMILES string of the molecule is C=CCN1[C@@H](c2ccccc2Br)OC[C@H]1c1ccccc1. The summed E-state index contributed by atoms with van der Waals surface area (Å²) in [5.41, 5.74) is 2.45. The summed E-state index contributed by atoms with van der Waals surface area (Å²) in [5, 5.41) is 0. The molecule has 2 nitrogen and oxygen atoms in total. The second-order valence-electron chi connectivity index (χ2n) is 5.12. The van der Waals surface area contributed by atoms with Crippen molar-refractivity contribution in [3.8, 4) is 0 Å². The molecule has 0 spiro atoms. The smallest absolute Gasteiger partial charge is 0.138 e. The van der Waals surface area contributed by atoms with Crippen LogP contribution in [0.25, 0.3) is 0 Å². The van der Waals surface area contributed by atoms with Gasteiger partial charge in [-0.3, -0.25) is 4.90 Å². The van der Waals surface area contributed by atoms with Gasteiger partial charge in [-0.25, -0.2) is 0 Å². The average molecular weight is 344 g/mol. The Morgan fingerprint density at radius 3 is 2.57 bits per heavy atom. The van der Waals surface area contributed by atoms with Crippen LogP contribution in [0.15, 0.2) is 71.7 Å². The van der Waals surface area contributed by atoms with Gasteiger partial charge in [0.1, 0.15) is 6.23 Å². The first-order chi connectivity index (χ1) is 10.3. The molecule has 3 heteroatoms. The van der Waals surface area contributed by atoms with Crippen molar-refractivity contribution in [2.24, 2.45) is 0 Å². The van der Waals surface area contributed by atoms with Gasteiger partial charge in [-0.15, -0.1) is 6.58 Å². The van der Waals surface area contributed by atoms with E-state index in [1.807, 2.05) is 24.3 Å². The van der Waals surface area contributed by atoms with Crippen LogP contribution in [-0.2, 0) is 4.74 Å². The molecule has 2 aromatic carbocycles. The fourth-order valence-electron chi connectivity index (χ4n) is 2.82. The van der Waals surface area contributed by atoms with Crippen LogP contribution in [0, 0.1) is 0 Å². The molecule has 21 heavy (non-hydrogen) atoms. The Balaban J connectivity index is 1.93. The first-order valence-corrected chi connectivity index (χ1v) is 7.88. The van der Waals surface area contributed by atoms with Crippen molar-refractivity contribution >= 4 is 15.9 Å². The van der Waals surface area contributed by atoms with Crippen LogP contribution in [0.3, 0.4) is 0 Å². The van der Waals surface area contributed by atoms with Gasteiger partial charge in [0, 0.05) is 16.6 Å². The Bertz CT molecular complexity index is 614. The lowest BCUT2D eigenvalue weighted by Gasteiger charge is -2.27. The van der Waals surface area contributed by atoms with Gasteiger partial charge in [-0.05, 0) is 11.6 Å². The summed E-state index contributed by atoms with van der Waals surface area (Å²) in [6.07, 6.45) is 1.90. The van der Waals surface area contributed by atoms with Gasteiger partial charge in [0.05, 0.1) is 12.6 Å². The van der Waals surface area contributed by atoms with Gasteiger partial charge in [0.25, 0.3) is 0 Å². The van der Waals surface area contributed by atoms with Gasteiger partial charge >= 0.3 is 0 Å². The summed E-state index contributed by atoms with van der Waals surface area (Å²) < 4.78 is 7.18. The van der Waals surface area contributed by atoms with Crippen LogP contribution < -0.4 is 0 Å². The Kier molecular flexibility index (Phi) is 4.54. The highest BCUT2D eigenvalue weighted by atomic mass is 79.9. The molecule has 0 radical (unpaired) electrons. The van der Waals surface area contributed by atoms with Crippen LogP contribution in [0.2, 0.25) is 0 Å². The number of halogens is 1. The predicted molar refractivity (Wildman–Crippen MR) is 88.9 cm³/mol. The third-order valence-electron chi connectivity index (χ3n) is 3.81. The van der Waals surface area contributed by atoms with Crippen molar-refractivity contribution in [2.45, 2.75) is 12.3 Å². The standard InChI is InChI=1S/C18H18BrNO/c1-2-12-20-17(14-8-4-3-5-9-14)13-21-18(20)15-10-6-7-11-16(15)19/h2-11,17-18H,1,12-13H2/t17-,18+/m0/s1. The third kappa shape index (κ3) is 2.95. The highest BCUT2D eigenvalue weighted by Crippen LogP contribution is 2.40. The molecule has 0 aromatic heterocycles. The maximum atomic E-state index is 6.10. The molecular weight excluding hydrogens is 326 g/mol. The number of rotatable bonds is 4. The van der Waals surface area contributed by atoms with Crippen molar-refractivity contribution < 1.29 is 4.74 Å². The molecule has 3 rings (SSSR count). The second-order valence-corrected chi connectivity index (χ2v) is 5.97. The summed E-state index contributed by atoms with van der Waals surface area (Å²) in [4.78, 5) is 2.35. The second kappa shape index (κ2) is 6.56. The van der Waals surface area contributed by atoms with E-state index in [9.17, 15) is 0 Å². The van der Waals surface area contributed by atoms with E-state index in [1.165, 1.54) is 5.56 Å². The van der Waals surface area contributed by atoms with Crippen LogP contribution in [0.5, 0.6) is 0 Å². The van der Waals surface area contributed by atoms with Crippen LogP contribution >= 0.6 is 15.9 Å². The van der Waals surface area contributed by atoms with Crippen LogP contribution in [-0.4, -0.2) is 18.1 Å². The lowest BCUT2D eigenvalue weighted by molar-refractivity contribution is 0.0349. The zero-order valence-electron chi connectivity index (χ0n) is 11.8. The third-order valence-corrected chi connectivity index (χ3v) is 4.53. The first-order valence-electron chi connectivity index (χ1n) is 7.09. The van der Waals surface area contributed by atoms with Crippen LogP contribution in [0.4, 0.5) is 0 Å². The predicted octanol–water partition coefficient (Wildman–Crippen LogP) is 4.71. The zero-order chi connectivity index (χ0) is 14.7. The minimum Gasteiger partial charge on any atom is -0.357 e. The molecule has 1 saturated heterocycles. The Hall–Kier alpha value is -1.42. The molecule has 0 aliphatic carbocycles. The zero-order valence-corrected chi connectivity index (χ0v) is 13.4. The van der Waals surface area contributed by atoms with E-state index in [0.29, 0.717) is 6.61 Å². The van der Waals surface area contributed by atoms with Gasteiger partial charge in [-0.1, -0.05) is 70.5 Å². The maximum absolute atomic E-state index is 6.10. The topological polar surface area (TPSA) is 12.5 Å². The molecule has 0 amide bonds. The highest BCUT2D eigenvalue weighted by Gasteiger charge is 2.36. The number of benzene rings is 2. The molecular formula is C18H18BrNO. The van der Waals surface area contributed by atoms with Crippen molar-refractivity contribution in [3.05, 3.63) is 82.9 Å². The normalized spacial score (nSPS) is 22.3. The monoisotopic (exact) mass is 343 g/mol. The number of nitrogens with zero attached hydrogens (tertiary/aromatic N) is 1. The molecule has 1 fully saturated rings. The van der Waals surface area contributed by atoms with Crippen molar-refractivity contribution in [2.75, 3.05) is 13.2 Å². The minimum absolute atomic E-state index is 0.0382. The quantitative estimate of drug-likeness (QED) is 0.745. The summed E-state index contributed by atoms with van der Waals surface area (Å²) >= 11 is 3.63. The van der Waals surface area contributed by atoms with Gasteiger partial charge in [0.2, 0.25) is 0 Å². The van der Waals surface area contributed by atoms with Crippen molar-refractivity contribution in [1.29, 1.82) is 0 Å². The van der Waals surface area contributed by atoms with E-state index < -0.39 is 0 Å². The first kappa shape index (κ1) is 14.5. The van der Waals surface area contributed by atoms with E-state index in [2.05, 4.69) is 63.8 Å². The summed E-state index contributed by atoms with van der Waals surface area (Å²) in [6, 6.07) is 19.0. The van der Waals surface area contributed by atoms with E-state index in [4.69, 9.17) is 4.74 Å². The molecule has 1 heterocycles.